The zero-order valence-electron chi connectivity index (χ0n) is 23.7. The maximum Gasteiger partial charge on any atom is 0.319 e. The van der Waals surface area contributed by atoms with Crippen LogP contribution in [0.5, 0.6) is 0 Å². The number of rotatable bonds is 8. The summed E-state index contributed by atoms with van der Waals surface area (Å²) in [5.74, 6) is 1.70. The van der Waals surface area contributed by atoms with Gasteiger partial charge < -0.3 is 15.2 Å². The summed E-state index contributed by atoms with van der Waals surface area (Å²) in [5.41, 5.74) is 8.16. The fraction of sp³-hybridized carbons (Fsp3) is 0.344. The molecule has 1 aliphatic carbocycles. The smallest absolute Gasteiger partial charge is 0.319 e. The first-order valence-electron chi connectivity index (χ1n) is 14.6. The summed E-state index contributed by atoms with van der Waals surface area (Å²) in [6.07, 6.45) is 7.62. The summed E-state index contributed by atoms with van der Waals surface area (Å²) in [4.78, 5) is 17.8. The maximum atomic E-state index is 12.8. The minimum absolute atomic E-state index is 0.132. The number of carbonyl (C=O) groups is 1. The molecule has 0 aliphatic heterocycles. The lowest BCUT2D eigenvalue weighted by Crippen LogP contribution is -2.39. The Kier molecular flexibility index (Phi) is 7.75. The van der Waals surface area contributed by atoms with Crippen molar-refractivity contribution < 1.29 is 4.79 Å². The van der Waals surface area contributed by atoms with E-state index >= 15 is 0 Å². The molecular formula is C32H36N8O. The number of hydrogen-bond donors (Lipinski definition) is 3. The van der Waals surface area contributed by atoms with Crippen LogP contribution in [-0.2, 0) is 13.0 Å². The molecule has 41 heavy (non-hydrogen) atoms. The largest absolute Gasteiger partial charge is 0.335 e. The zero-order valence-corrected chi connectivity index (χ0v) is 23.7. The summed E-state index contributed by atoms with van der Waals surface area (Å²) < 4.78 is 2.29. The van der Waals surface area contributed by atoms with Crippen LogP contribution in [0.2, 0.25) is 0 Å². The van der Waals surface area contributed by atoms with Crippen LogP contribution in [0.25, 0.3) is 33.5 Å². The molecule has 210 valence electrons. The first-order valence-corrected chi connectivity index (χ1v) is 14.6. The normalized spacial score (nSPS) is 13.9. The highest BCUT2D eigenvalue weighted by Crippen LogP contribution is 2.31. The molecule has 2 aromatic heterocycles. The number of nitrogens with one attached hydrogen (secondary N) is 3. The van der Waals surface area contributed by atoms with Crippen molar-refractivity contribution in [3.63, 3.8) is 0 Å². The third-order valence-corrected chi connectivity index (χ3v) is 7.93. The van der Waals surface area contributed by atoms with E-state index in [1.165, 1.54) is 24.8 Å². The van der Waals surface area contributed by atoms with Gasteiger partial charge >= 0.3 is 6.03 Å². The number of aromatic amines is 1. The van der Waals surface area contributed by atoms with Gasteiger partial charge in [0.15, 0.2) is 5.82 Å². The lowest BCUT2D eigenvalue weighted by molar-refractivity contribution is 0.244. The van der Waals surface area contributed by atoms with E-state index in [2.05, 4.69) is 86.1 Å². The number of urea groups is 1. The molecule has 1 aliphatic rings. The fourth-order valence-corrected chi connectivity index (χ4v) is 5.89. The molecule has 0 spiro atoms. The Hall–Kier alpha value is -4.53. The van der Waals surface area contributed by atoms with Gasteiger partial charge in [-0.2, -0.15) is 0 Å². The van der Waals surface area contributed by atoms with Gasteiger partial charge in [0.05, 0.1) is 11.0 Å². The Morgan fingerprint density at radius 2 is 1.80 bits per heavy atom. The Balaban J connectivity index is 1.27. The third-order valence-electron chi connectivity index (χ3n) is 7.93. The van der Waals surface area contributed by atoms with Gasteiger partial charge in [-0.25, -0.2) is 14.9 Å². The van der Waals surface area contributed by atoms with E-state index in [-0.39, 0.29) is 12.1 Å². The van der Waals surface area contributed by atoms with E-state index in [0.29, 0.717) is 12.4 Å². The molecule has 3 N–H and O–H groups in total. The van der Waals surface area contributed by atoms with Crippen molar-refractivity contribution >= 4 is 22.8 Å². The van der Waals surface area contributed by atoms with Gasteiger partial charge in [-0.15, -0.1) is 5.10 Å². The maximum absolute atomic E-state index is 12.8. The minimum atomic E-state index is -0.132. The second-order valence-electron chi connectivity index (χ2n) is 11.0. The molecule has 0 atom stereocenters. The van der Waals surface area contributed by atoms with Gasteiger partial charge in [0.1, 0.15) is 5.82 Å². The van der Waals surface area contributed by atoms with Crippen molar-refractivity contribution in [1.29, 1.82) is 0 Å². The van der Waals surface area contributed by atoms with Crippen LogP contribution in [0, 0.1) is 6.92 Å². The molecule has 0 unspecified atom stereocenters. The van der Waals surface area contributed by atoms with Crippen LogP contribution in [0.4, 0.5) is 10.5 Å². The number of H-pyrrole nitrogens is 1. The van der Waals surface area contributed by atoms with Crippen molar-refractivity contribution in [3.05, 3.63) is 77.6 Å². The summed E-state index contributed by atoms with van der Waals surface area (Å²) >= 11 is 0. The number of carbonyl (C=O) groups excluding carboxylic acids is 1. The van der Waals surface area contributed by atoms with E-state index in [1.54, 1.807) is 0 Å². The quantitative estimate of drug-likeness (QED) is 0.201. The van der Waals surface area contributed by atoms with Gasteiger partial charge in [0.2, 0.25) is 0 Å². The van der Waals surface area contributed by atoms with Gasteiger partial charge in [0, 0.05) is 30.3 Å². The van der Waals surface area contributed by atoms with E-state index in [4.69, 9.17) is 4.98 Å². The number of amides is 2. The number of nitrogens with zero attached hydrogens (tertiary/aromatic N) is 5. The lowest BCUT2D eigenvalue weighted by Gasteiger charge is -2.23. The third kappa shape index (κ3) is 5.84. The van der Waals surface area contributed by atoms with E-state index in [1.807, 2.05) is 24.3 Å². The number of anilines is 1. The average Bonchev–Trinajstić information content (AvgIpc) is 3.64. The Morgan fingerprint density at radius 1 is 1.02 bits per heavy atom. The molecule has 9 heteroatoms. The second-order valence-corrected chi connectivity index (χ2v) is 11.0. The van der Waals surface area contributed by atoms with Gasteiger partial charge in [-0.05, 0) is 71.0 Å². The SMILES string of the molecule is CCCc1nc2c(C)cc(NC(=O)NC3CCCCC3)cc2n1Cc1ccc(-c2ccccc2-c2nnn[nH]2)cc1. The molecule has 2 heterocycles. The molecule has 0 bridgehead atoms. The van der Waals surface area contributed by atoms with Crippen molar-refractivity contribution in [2.45, 2.75) is 71.4 Å². The van der Waals surface area contributed by atoms with Gasteiger partial charge in [-0.3, -0.25) is 0 Å². The number of fused-ring (bicyclic) bond motifs is 1. The zero-order chi connectivity index (χ0) is 28.2. The van der Waals surface area contributed by atoms with Gasteiger partial charge in [0.25, 0.3) is 0 Å². The number of aromatic nitrogens is 6. The van der Waals surface area contributed by atoms with Crippen LogP contribution in [-0.4, -0.2) is 42.2 Å². The first kappa shape index (κ1) is 26.7. The number of benzene rings is 3. The summed E-state index contributed by atoms with van der Waals surface area (Å²) in [6, 6.07) is 20.9. The molecular weight excluding hydrogens is 512 g/mol. The standard InChI is InChI=1S/C32H36N8O/c1-3-9-29-35-30-21(2)18-25(34-32(41)33-24-10-5-4-6-11-24)19-28(30)40(29)20-22-14-16-23(17-15-22)26-12-7-8-13-27(26)31-36-38-39-37-31/h7-8,12-19,24H,3-6,9-11,20H2,1-2H3,(H2,33,34,41)(H,36,37,38,39). The Bertz CT molecular complexity index is 1630. The highest BCUT2D eigenvalue weighted by Gasteiger charge is 2.18. The summed E-state index contributed by atoms with van der Waals surface area (Å²) in [6.45, 7) is 4.93. The molecule has 3 aromatic carbocycles. The van der Waals surface area contributed by atoms with Crippen molar-refractivity contribution in [2.75, 3.05) is 5.32 Å². The number of hydrogen-bond acceptors (Lipinski definition) is 5. The summed E-state index contributed by atoms with van der Waals surface area (Å²) in [5, 5.41) is 20.7. The Labute approximate surface area is 239 Å². The predicted molar refractivity (Wildman–Crippen MR) is 162 cm³/mol. The topological polar surface area (TPSA) is 113 Å². The fourth-order valence-electron chi connectivity index (χ4n) is 5.89. The van der Waals surface area contributed by atoms with Crippen LogP contribution in [0.1, 0.15) is 62.4 Å². The highest BCUT2D eigenvalue weighted by molar-refractivity contribution is 5.93. The predicted octanol–water partition coefficient (Wildman–Crippen LogP) is 6.65. The van der Waals surface area contributed by atoms with E-state index in [9.17, 15) is 4.79 Å². The van der Waals surface area contributed by atoms with Crippen LogP contribution < -0.4 is 10.6 Å². The van der Waals surface area contributed by atoms with Gasteiger partial charge in [-0.1, -0.05) is 74.7 Å². The molecule has 1 fully saturated rings. The van der Waals surface area contributed by atoms with E-state index < -0.39 is 0 Å². The van der Waals surface area contributed by atoms with Crippen LogP contribution >= 0.6 is 0 Å². The molecule has 0 saturated heterocycles. The monoisotopic (exact) mass is 548 g/mol. The first-order chi connectivity index (χ1) is 20.1. The number of aryl methyl sites for hydroxylation is 2. The Morgan fingerprint density at radius 3 is 2.54 bits per heavy atom. The molecule has 6 rings (SSSR count). The van der Waals surface area contributed by atoms with Crippen molar-refractivity contribution in [1.82, 2.24) is 35.5 Å². The highest BCUT2D eigenvalue weighted by atomic mass is 16.2. The lowest BCUT2D eigenvalue weighted by atomic mass is 9.96. The molecule has 5 aromatic rings. The van der Waals surface area contributed by atoms with Crippen LogP contribution in [0.15, 0.2) is 60.7 Å². The molecule has 1 saturated carbocycles. The van der Waals surface area contributed by atoms with Crippen molar-refractivity contribution in [2.24, 2.45) is 0 Å². The molecule has 9 nitrogen and oxygen atoms in total. The molecule has 0 radical (unpaired) electrons. The van der Waals surface area contributed by atoms with Crippen LogP contribution in [0.3, 0.4) is 0 Å². The molecule has 2 amide bonds. The number of tetrazole rings is 1. The van der Waals surface area contributed by atoms with E-state index in [0.717, 1.165) is 70.5 Å². The minimum Gasteiger partial charge on any atom is -0.335 e. The summed E-state index contributed by atoms with van der Waals surface area (Å²) in [7, 11) is 0. The second kappa shape index (κ2) is 11.9. The van der Waals surface area contributed by atoms with Crippen molar-refractivity contribution in [3.8, 4) is 22.5 Å². The average molecular weight is 549 g/mol. The number of imidazole rings is 1.